The fourth-order valence-corrected chi connectivity index (χ4v) is 2.30. The summed E-state index contributed by atoms with van der Waals surface area (Å²) in [6, 6.07) is 0. The molecule has 0 saturated carbocycles. The number of nitrogens with two attached hydrogens (primary N) is 1. The minimum atomic E-state index is -4.75. The molecule has 3 N–H and O–H groups in total. The van der Waals surface area contributed by atoms with Gasteiger partial charge in [-0.05, 0) is 7.60 Å². The molecule has 2 heterocycles. The van der Waals surface area contributed by atoms with Crippen molar-refractivity contribution in [2.24, 2.45) is 0 Å². The van der Waals surface area contributed by atoms with E-state index in [2.05, 4.69) is 19.7 Å². The molecule has 0 aliphatic rings. The van der Waals surface area contributed by atoms with E-state index in [0.29, 0.717) is 17.0 Å². The normalized spacial score (nSPS) is 12.4. The van der Waals surface area contributed by atoms with Gasteiger partial charge in [-0.15, -0.1) is 0 Å². The SMILES string of the molecule is CN(C)c1nc(N)nc2c1ncn2CC(O)COCP(=O)([O-])[O-].[Na+].[Na+]. The summed E-state index contributed by atoms with van der Waals surface area (Å²) in [5, 5.41) is 9.87. The van der Waals surface area contributed by atoms with Crippen molar-refractivity contribution < 1.29 is 83.3 Å². The van der Waals surface area contributed by atoms with Gasteiger partial charge in [0.25, 0.3) is 0 Å². The third-order valence-electron chi connectivity index (χ3n) is 2.85. The molecule has 25 heavy (non-hydrogen) atoms. The number of nitrogens with zero attached hydrogens (tertiary/aromatic N) is 5. The van der Waals surface area contributed by atoms with Crippen LogP contribution < -0.4 is 79.5 Å². The van der Waals surface area contributed by atoms with Gasteiger partial charge in [0.05, 0.1) is 31.9 Å². The van der Waals surface area contributed by atoms with E-state index in [-0.39, 0.29) is 78.2 Å². The maximum atomic E-state index is 10.5. The monoisotopic (exact) mass is 390 g/mol. The van der Waals surface area contributed by atoms with E-state index in [1.54, 1.807) is 23.6 Å². The van der Waals surface area contributed by atoms with Gasteiger partial charge < -0.3 is 39.4 Å². The third-order valence-corrected chi connectivity index (χ3v) is 3.35. The van der Waals surface area contributed by atoms with Crippen molar-refractivity contribution in [1.29, 1.82) is 0 Å². The number of imidazole rings is 1. The van der Waals surface area contributed by atoms with Gasteiger partial charge in [-0.2, -0.15) is 9.97 Å². The van der Waals surface area contributed by atoms with E-state index in [9.17, 15) is 19.5 Å². The van der Waals surface area contributed by atoms with Gasteiger partial charge in [0.15, 0.2) is 17.0 Å². The zero-order valence-corrected chi connectivity index (χ0v) is 19.5. The topological polar surface area (TPSA) is 166 Å². The Morgan fingerprint density at radius 2 is 2.04 bits per heavy atom. The zero-order valence-electron chi connectivity index (χ0n) is 14.6. The van der Waals surface area contributed by atoms with E-state index >= 15 is 0 Å². The molecule has 0 aliphatic carbocycles. The number of aromatic nitrogens is 4. The molecular weight excluding hydrogens is 373 g/mol. The fourth-order valence-electron chi connectivity index (χ4n) is 1.97. The molecule has 14 heteroatoms. The summed E-state index contributed by atoms with van der Waals surface area (Å²) >= 11 is 0. The molecule has 1 unspecified atom stereocenters. The average molecular weight is 390 g/mol. The van der Waals surface area contributed by atoms with Gasteiger partial charge >= 0.3 is 59.1 Å². The first-order chi connectivity index (χ1) is 10.7. The Bertz CT molecular complexity index is 739. The van der Waals surface area contributed by atoms with Crippen molar-refractivity contribution in [3.8, 4) is 0 Å². The van der Waals surface area contributed by atoms with Crippen LogP contribution >= 0.6 is 7.60 Å². The summed E-state index contributed by atoms with van der Waals surface area (Å²) in [5.41, 5.74) is 6.62. The van der Waals surface area contributed by atoms with E-state index in [0.717, 1.165) is 0 Å². The van der Waals surface area contributed by atoms with Crippen LogP contribution in [0.1, 0.15) is 0 Å². The molecule has 11 nitrogen and oxygen atoms in total. The Labute approximate surface area is 188 Å². The van der Waals surface area contributed by atoms with Crippen molar-refractivity contribution in [1.82, 2.24) is 19.5 Å². The number of aliphatic hydroxyl groups is 1. The molecule has 0 radical (unpaired) electrons. The Balaban J connectivity index is 0.00000288. The molecule has 0 bridgehead atoms. The molecule has 2 aromatic rings. The van der Waals surface area contributed by atoms with E-state index < -0.39 is 20.0 Å². The first-order valence-electron chi connectivity index (χ1n) is 6.60. The van der Waals surface area contributed by atoms with Crippen LogP contribution in [0.5, 0.6) is 0 Å². The molecule has 0 amide bonds. The van der Waals surface area contributed by atoms with Crippen LogP contribution in [-0.2, 0) is 15.8 Å². The Morgan fingerprint density at radius 3 is 2.60 bits per heavy atom. The summed E-state index contributed by atoms with van der Waals surface area (Å²) in [7, 11) is -1.18. The fraction of sp³-hybridized carbons (Fsp3) is 0.545. The smallest absolute Gasteiger partial charge is 0.809 e. The molecule has 0 fully saturated rings. The van der Waals surface area contributed by atoms with Crippen molar-refractivity contribution in [3.05, 3.63) is 6.33 Å². The van der Waals surface area contributed by atoms with Gasteiger partial charge in [-0.25, -0.2) is 4.98 Å². The van der Waals surface area contributed by atoms with Gasteiger partial charge in [-0.1, -0.05) is 0 Å². The number of aliphatic hydroxyl groups excluding tert-OH is 1. The first kappa shape index (κ1) is 25.2. The molecule has 0 aliphatic heterocycles. The molecule has 0 aromatic carbocycles. The Morgan fingerprint density at radius 1 is 1.40 bits per heavy atom. The van der Waals surface area contributed by atoms with Crippen LogP contribution in [0, 0.1) is 0 Å². The summed E-state index contributed by atoms with van der Waals surface area (Å²) in [4.78, 5) is 35.0. The van der Waals surface area contributed by atoms with Crippen LogP contribution in [0.3, 0.4) is 0 Å². The number of nitrogen functional groups attached to an aromatic ring is 1. The second kappa shape index (κ2) is 10.5. The van der Waals surface area contributed by atoms with Crippen molar-refractivity contribution in [2.45, 2.75) is 12.6 Å². The predicted molar refractivity (Wildman–Crippen MR) is 78.5 cm³/mol. The number of anilines is 2. The standard InChI is InChI=1S/C11H19N6O5P.2Na/c1-16(2)9-8-10(15-11(12)14-9)17(5-13-8)3-7(18)4-22-6-23(19,20)21;;/h5,7,18H,3-4,6H2,1-2H3,(H2,12,14,15)(H2,19,20,21);;/q;2*+1/p-2. The minimum Gasteiger partial charge on any atom is -0.809 e. The Kier molecular flexibility index (Phi) is 10.6. The molecular formula is C11H17N6Na2O5P. The van der Waals surface area contributed by atoms with Gasteiger partial charge in [0, 0.05) is 14.1 Å². The van der Waals surface area contributed by atoms with E-state index in [1.807, 2.05) is 0 Å². The first-order valence-corrected chi connectivity index (χ1v) is 8.32. The number of rotatable bonds is 7. The Hall–Kier alpha value is 0.220. The maximum Gasteiger partial charge on any atom is 1.00 e. The summed E-state index contributed by atoms with van der Waals surface area (Å²) in [6.07, 6.45) is -0.548. The zero-order chi connectivity index (χ0) is 17.2. The second-order valence-corrected chi connectivity index (χ2v) is 6.61. The number of fused-ring (bicyclic) bond motifs is 1. The van der Waals surface area contributed by atoms with Crippen LogP contribution in [0.2, 0.25) is 0 Å². The maximum absolute atomic E-state index is 10.5. The quantitative estimate of drug-likeness (QED) is 0.342. The number of hydrogen-bond donors (Lipinski definition) is 2. The van der Waals surface area contributed by atoms with Gasteiger partial charge in [-0.3, -0.25) is 0 Å². The number of ether oxygens (including phenoxy) is 1. The number of hydrogen-bond acceptors (Lipinski definition) is 10. The van der Waals surface area contributed by atoms with Crippen molar-refractivity contribution in [3.63, 3.8) is 0 Å². The van der Waals surface area contributed by atoms with Crippen LogP contribution in [0.25, 0.3) is 11.2 Å². The third kappa shape index (κ3) is 7.39. The second-order valence-electron chi connectivity index (χ2n) is 5.13. The van der Waals surface area contributed by atoms with Crippen LogP contribution in [0.15, 0.2) is 6.33 Å². The minimum absolute atomic E-state index is 0. The van der Waals surface area contributed by atoms with Crippen molar-refractivity contribution in [2.75, 3.05) is 37.7 Å². The van der Waals surface area contributed by atoms with Crippen molar-refractivity contribution >= 4 is 30.5 Å². The van der Waals surface area contributed by atoms with E-state index in [1.165, 1.54) is 6.33 Å². The molecule has 1 atom stereocenters. The molecule has 0 spiro atoms. The molecule has 0 saturated heterocycles. The summed E-state index contributed by atoms with van der Waals surface area (Å²) in [6.45, 7) is -0.267. The van der Waals surface area contributed by atoms with E-state index in [4.69, 9.17) is 5.73 Å². The average Bonchev–Trinajstić information content (AvgIpc) is 2.79. The van der Waals surface area contributed by atoms with Gasteiger partial charge in [0.1, 0.15) is 0 Å². The summed E-state index contributed by atoms with van der Waals surface area (Å²) in [5.74, 6) is 0.600. The summed E-state index contributed by atoms with van der Waals surface area (Å²) < 4.78 is 16.7. The van der Waals surface area contributed by atoms with Crippen LogP contribution in [-0.4, -0.2) is 57.8 Å². The molecule has 128 valence electrons. The van der Waals surface area contributed by atoms with Gasteiger partial charge in [0.2, 0.25) is 5.95 Å². The molecule has 2 aromatic heterocycles. The molecule has 2 rings (SSSR count). The largest absolute Gasteiger partial charge is 1.00 e. The van der Waals surface area contributed by atoms with Crippen LogP contribution in [0.4, 0.5) is 11.8 Å². The predicted octanol–water partition coefficient (Wildman–Crippen LogP) is -8.27.